The molecule has 4 aromatic carbocycles. The average Bonchev–Trinajstić information content (AvgIpc) is 3.38. The van der Waals surface area contributed by atoms with Crippen molar-refractivity contribution in [2.75, 3.05) is 0 Å². The Morgan fingerprint density at radius 3 is 2.07 bits per heavy atom. The Hall–Kier alpha value is -5.22. The summed E-state index contributed by atoms with van der Waals surface area (Å²) in [4.78, 5) is 10.0. The Morgan fingerprint density at radius 2 is 1.30 bits per heavy atom. The number of hydrogen-bond donors (Lipinski definition) is 1. The van der Waals surface area contributed by atoms with E-state index in [2.05, 4.69) is 137 Å². The van der Waals surface area contributed by atoms with E-state index >= 15 is 0 Å². The number of rotatable bonds is 4. The monoisotopic (exact) mass is 601 g/mol. The van der Waals surface area contributed by atoms with Gasteiger partial charge < -0.3 is 5.11 Å². The minimum absolute atomic E-state index is 0.0882. The molecule has 0 aliphatic heterocycles. The van der Waals surface area contributed by atoms with Crippen molar-refractivity contribution in [3.63, 3.8) is 0 Å². The summed E-state index contributed by atoms with van der Waals surface area (Å²) in [5.41, 5.74) is 9.65. The summed E-state index contributed by atoms with van der Waals surface area (Å²) in [6, 6.07) is 40.0. The summed E-state index contributed by atoms with van der Waals surface area (Å²) in [6.07, 6.45) is 1.88. The van der Waals surface area contributed by atoms with Gasteiger partial charge in [-0.1, -0.05) is 114 Å². The second kappa shape index (κ2) is 11.0. The van der Waals surface area contributed by atoms with Crippen molar-refractivity contribution in [1.82, 2.24) is 14.5 Å². The zero-order valence-corrected chi connectivity index (χ0v) is 27.3. The number of aromatic hydroxyl groups is 1. The van der Waals surface area contributed by atoms with E-state index in [0.29, 0.717) is 5.75 Å². The summed E-state index contributed by atoms with van der Waals surface area (Å²) < 4.78 is 2.23. The van der Waals surface area contributed by atoms with Crippen molar-refractivity contribution in [3.05, 3.63) is 133 Å². The van der Waals surface area contributed by atoms with Gasteiger partial charge in [0.15, 0.2) is 0 Å². The van der Waals surface area contributed by atoms with Crippen molar-refractivity contribution >= 4 is 21.8 Å². The molecule has 0 saturated carbocycles. The van der Waals surface area contributed by atoms with Gasteiger partial charge in [-0.2, -0.15) is 0 Å². The highest BCUT2D eigenvalue weighted by atomic mass is 16.3. The molecule has 0 radical (unpaired) electrons. The van der Waals surface area contributed by atoms with E-state index in [-0.39, 0.29) is 10.8 Å². The van der Waals surface area contributed by atoms with Crippen LogP contribution in [-0.2, 0) is 10.8 Å². The normalized spacial score (nSPS) is 12.2. The lowest BCUT2D eigenvalue weighted by Crippen LogP contribution is -2.17. The molecule has 7 aromatic rings. The summed E-state index contributed by atoms with van der Waals surface area (Å²) in [5.74, 6) is 1.09. The Morgan fingerprint density at radius 1 is 0.565 bits per heavy atom. The number of para-hydroxylation sites is 1. The van der Waals surface area contributed by atoms with Gasteiger partial charge in [-0.05, 0) is 70.0 Å². The molecule has 4 heteroatoms. The van der Waals surface area contributed by atoms with Gasteiger partial charge in [-0.3, -0.25) is 9.55 Å². The highest BCUT2D eigenvalue weighted by Crippen LogP contribution is 2.42. The van der Waals surface area contributed by atoms with Gasteiger partial charge in [0, 0.05) is 33.7 Å². The van der Waals surface area contributed by atoms with Crippen LogP contribution in [0, 0.1) is 0 Å². The van der Waals surface area contributed by atoms with Crippen molar-refractivity contribution in [2.24, 2.45) is 0 Å². The number of aromatic nitrogens is 3. The molecule has 4 nitrogen and oxygen atoms in total. The predicted octanol–water partition coefficient (Wildman–Crippen LogP) is 10.9. The van der Waals surface area contributed by atoms with Crippen LogP contribution in [0.3, 0.4) is 0 Å². The zero-order valence-electron chi connectivity index (χ0n) is 27.3. The highest BCUT2D eigenvalue weighted by molar-refractivity contribution is 6.10. The van der Waals surface area contributed by atoms with E-state index in [9.17, 15) is 5.11 Å². The Labute approximate surface area is 271 Å². The molecular weight excluding hydrogens is 562 g/mol. The summed E-state index contributed by atoms with van der Waals surface area (Å²) in [7, 11) is 0. The van der Waals surface area contributed by atoms with E-state index in [1.54, 1.807) is 0 Å². The maximum absolute atomic E-state index is 11.6. The lowest BCUT2D eigenvalue weighted by Gasteiger charge is -2.27. The maximum atomic E-state index is 11.6. The molecule has 3 aromatic heterocycles. The molecular formula is C42H39N3O. The number of fused-ring (bicyclic) bond motifs is 3. The first-order chi connectivity index (χ1) is 22.0. The SMILES string of the molecule is CC(C)(C)c1cc(-c2cccc(-n3c4ccccc4c4ccc(-c5cc(-c6ccccc6)ccn5)cc43)n2)c(O)c(C(C)(C)C)c1. The zero-order chi connectivity index (χ0) is 32.2. The first-order valence-electron chi connectivity index (χ1n) is 15.9. The first kappa shape index (κ1) is 29.5. The first-order valence-corrected chi connectivity index (χ1v) is 15.9. The largest absolute Gasteiger partial charge is 0.507 e. The van der Waals surface area contributed by atoms with Gasteiger partial charge in [-0.15, -0.1) is 0 Å². The van der Waals surface area contributed by atoms with Gasteiger partial charge in [-0.25, -0.2) is 4.98 Å². The third-order valence-electron chi connectivity index (χ3n) is 8.86. The fourth-order valence-electron chi connectivity index (χ4n) is 6.31. The molecule has 0 atom stereocenters. The van der Waals surface area contributed by atoms with E-state index in [1.807, 2.05) is 30.5 Å². The van der Waals surface area contributed by atoms with Crippen molar-refractivity contribution in [3.8, 4) is 45.2 Å². The minimum Gasteiger partial charge on any atom is -0.507 e. The summed E-state index contributed by atoms with van der Waals surface area (Å²) in [6.45, 7) is 13.0. The number of phenols is 1. The molecule has 0 saturated heterocycles. The topological polar surface area (TPSA) is 50.9 Å². The Balaban J connectivity index is 1.42. The fourth-order valence-corrected chi connectivity index (χ4v) is 6.31. The summed E-state index contributed by atoms with van der Waals surface area (Å²) >= 11 is 0. The third kappa shape index (κ3) is 5.24. The van der Waals surface area contributed by atoms with Crippen LogP contribution in [0.2, 0.25) is 0 Å². The molecule has 1 N–H and O–H groups in total. The Kier molecular flexibility index (Phi) is 7.05. The number of pyridine rings is 2. The van der Waals surface area contributed by atoms with Crippen LogP contribution in [0.5, 0.6) is 5.75 Å². The quantitative estimate of drug-likeness (QED) is 0.218. The number of hydrogen-bond acceptors (Lipinski definition) is 3. The molecule has 46 heavy (non-hydrogen) atoms. The lowest BCUT2D eigenvalue weighted by molar-refractivity contribution is 0.446. The maximum Gasteiger partial charge on any atom is 0.138 e. The molecule has 7 rings (SSSR count). The van der Waals surface area contributed by atoms with Crippen LogP contribution in [-0.4, -0.2) is 19.6 Å². The van der Waals surface area contributed by atoms with E-state index in [1.165, 1.54) is 5.56 Å². The van der Waals surface area contributed by atoms with Gasteiger partial charge in [0.2, 0.25) is 0 Å². The van der Waals surface area contributed by atoms with Crippen LogP contribution in [0.4, 0.5) is 0 Å². The van der Waals surface area contributed by atoms with Crippen LogP contribution < -0.4 is 0 Å². The predicted molar refractivity (Wildman–Crippen MR) is 192 cm³/mol. The second-order valence-electron chi connectivity index (χ2n) is 14.2. The van der Waals surface area contributed by atoms with Crippen LogP contribution in [0.15, 0.2) is 121 Å². The summed E-state index contributed by atoms with van der Waals surface area (Å²) in [5, 5.41) is 14.0. The van der Waals surface area contributed by atoms with E-state index in [0.717, 1.165) is 66.8 Å². The lowest BCUT2D eigenvalue weighted by atomic mass is 9.78. The van der Waals surface area contributed by atoms with Crippen molar-refractivity contribution < 1.29 is 5.11 Å². The van der Waals surface area contributed by atoms with Crippen LogP contribution in [0.1, 0.15) is 52.7 Å². The average molecular weight is 602 g/mol. The minimum atomic E-state index is -0.229. The molecule has 0 spiro atoms. The molecule has 228 valence electrons. The number of nitrogens with zero attached hydrogens (tertiary/aromatic N) is 3. The molecule has 0 aliphatic rings. The van der Waals surface area contributed by atoms with Gasteiger partial charge in [0.1, 0.15) is 11.6 Å². The van der Waals surface area contributed by atoms with E-state index < -0.39 is 0 Å². The molecule has 0 amide bonds. The van der Waals surface area contributed by atoms with Gasteiger partial charge in [0.25, 0.3) is 0 Å². The molecule has 0 unspecified atom stereocenters. The highest BCUT2D eigenvalue weighted by Gasteiger charge is 2.26. The van der Waals surface area contributed by atoms with Crippen LogP contribution >= 0.6 is 0 Å². The van der Waals surface area contributed by atoms with Crippen molar-refractivity contribution in [1.29, 1.82) is 0 Å². The van der Waals surface area contributed by atoms with Crippen molar-refractivity contribution in [2.45, 2.75) is 52.4 Å². The number of benzene rings is 4. The Bertz CT molecular complexity index is 2230. The molecule has 0 aliphatic carbocycles. The van der Waals surface area contributed by atoms with Crippen LogP contribution in [0.25, 0.3) is 61.3 Å². The third-order valence-corrected chi connectivity index (χ3v) is 8.86. The standard InChI is InChI=1S/C42H39N3O/c1-41(2,3)30-25-33(40(46)34(26-30)42(4,5)6)35-16-12-18-39(44-35)45-37-17-11-10-15-31(37)32-20-19-29(24-38(32)45)36-23-28(21-22-43-36)27-13-8-7-9-14-27/h7-26,46H,1-6H3. The number of phenolic OH excluding ortho intramolecular Hbond substituents is 1. The van der Waals surface area contributed by atoms with Gasteiger partial charge >= 0.3 is 0 Å². The van der Waals surface area contributed by atoms with Gasteiger partial charge in [0.05, 0.1) is 22.4 Å². The molecule has 0 fully saturated rings. The molecule has 0 bridgehead atoms. The smallest absolute Gasteiger partial charge is 0.138 e. The fraction of sp³-hybridized carbons (Fsp3) is 0.190. The van der Waals surface area contributed by atoms with E-state index in [4.69, 9.17) is 9.97 Å². The second-order valence-corrected chi connectivity index (χ2v) is 14.2. The molecule has 3 heterocycles.